The minimum absolute atomic E-state index is 0.114. The maximum Gasteiger partial charge on any atom is 0.269 e. The van der Waals surface area contributed by atoms with Gasteiger partial charge in [0.25, 0.3) is 5.69 Å². The Morgan fingerprint density at radius 2 is 1.77 bits per heavy atom. The number of rotatable bonds is 5. The van der Waals surface area contributed by atoms with Gasteiger partial charge in [0.1, 0.15) is 0 Å². The number of aromatic nitrogens is 1. The Bertz CT molecular complexity index is 1210. The average Bonchev–Trinajstić information content (AvgIpc) is 3.26. The van der Waals surface area contributed by atoms with Crippen molar-refractivity contribution in [3.63, 3.8) is 0 Å². The molecule has 1 saturated heterocycles. The predicted molar refractivity (Wildman–Crippen MR) is 123 cm³/mol. The standard InChI is InChI=1S/C22H23N3O4S2/c1-15-4-3-5-20(16(15)2)21-14-30-22(23-21)24-12-10-19(11-13-24)31(28,29)18-8-6-17(7-9-18)25(26)27/h3-9,14,19H,10-13H2,1-2H3. The van der Waals surface area contributed by atoms with E-state index in [4.69, 9.17) is 4.98 Å². The number of non-ortho nitro benzene ring substituents is 1. The zero-order valence-corrected chi connectivity index (χ0v) is 18.9. The van der Waals surface area contributed by atoms with Crippen LogP contribution in [0.4, 0.5) is 10.8 Å². The normalized spacial score (nSPS) is 15.2. The van der Waals surface area contributed by atoms with Crippen molar-refractivity contribution in [2.45, 2.75) is 36.8 Å². The molecule has 2 aromatic carbocycles. The second-order valence-electron chi connectivity index (χ2n) is 7.75. The number of sulfone groups is 1. The van der Waals surface area contributed by atoms with Gasteiger partial charge in [0.05, 0.1) is 20.8 Å². The summed E-state index contributed by atoms with van der Waals surface area (Å²) in [5, 5.41) is 13.3. The first-order valence-corrected chi connectivity index (χ1v) is 12.5. The third-order valence-corrected chi connectivity index (χ3v) is 9.08. The molecule has 1 aliphatic heterocycles. The second-order valence-corrected chi connectivity index (χ2v) is 10.8. The van der Waals surface area contributed by atoms with E-state index in [1.54, 1.807) is 11.3 Å². The summed E-state index contributed by atoms with van der Waals surface area (Å²) in [7, 11) is -3.52. The SMILES string of the molecule is Cc1cccc(-c2csc(N3CCC(S(=O)(=O)c4ccc([N+](=O)[O-])cc4)CC3)n2)c1C. The van der Waals surface area contributed by atoms with Gasteiger partial charge >= 0.3 is 0 Å². The monoisotopic (exact) mass is 457 g/mol. The van der Waals surface area contributed by atoms with Gasteiger partial charge in [-0.2, -0.15) is 0 Å². The first-order valence-electron chi connectivity index (χ1n) is 10.0. The van der Waals surface area contributed by atoms with Crippen LogP contribution in [0, 0.1) is 24.0 Å². The molecular weight excluding hydrogens is 434 g/mol. The molecule has 31 heavy (non-hydrogen) atoms. The lowest BCUT2D eigenvalue weighted by Gasteiger charge is -2.31. The van der Waals surface area contributed by atoms with E-state index >= 15 is 0 Å². The molecule has 3 aromatic rings. The molecule has 1 fully saturated rings. The molecule has 0 aliphatic carbocycles. The highest BCUT2D eigenvalue weighted by Crippen LogP contribution is 2.33. The molecule has 4 rings (SSSR count). The molecule has 0 radical (unpaired) electrons. The van der Waals surface area contributed by atoms with Gasteiger partial charge in [0.2, 0.25) is 0 Å². The summed E-state index contributed by atoms with van der Waals surface area (Å²) < 4.78 is 25.9. The van der Waals surface area contributed by atoms with Gasteiger partial charge in [-0.05, 0) is 49.9 Å². The quantitative estimate of drug-likeness (QED) is 0.404. The summed E-state index contributed by atoms with van der Waals surface area (Å²) in [6, 6.07) is 11.3. The number of hydrogen-bond donors (Lipinski definition) is 0. The Labute approximate surface area is 185 Å². The Hall–Kier alpha value is -2.78. The fraction of sp³-hybridized carbons (Fsp3) is 0.318. The van der Waals surface area contributed by atoms with Gasteiger partial charge in [-0.3, -0.25) is 10.1 Å². The highest BCUT2D eigenvalue weighted by Gasteiger charge is 2.32. The Morgan fingerprint density at radius 3 is 2.42 bits per heavy atom. The Morgan fingerprint density at radius 1 is 1.10 bits per heavy atom. The topological polar surface area (TPSA) is 93.4 Å². The molecule has 0 saturated carbocycles. The van der Waals surface area contributed by atoms with Gasteiger partial charge in [-0.1, -0.05) is 18.2 Å². The lowest BCUT2D eigenvalue weighted by atomic mass is 10.0. The number of thiazole rings is 1. The van der Waals surface area contributed by atoms with E-state index in [1.807, 2.05) is 6.07 Å². The minimum Gasteiger partial charge on any atom is -0.348 e. The number of piperidine rings is 1. The van der Waals surface area contributed by atoms with Gasteiger partial charge in [-0.15, -0.1) is 11.3 Å². The number of nitro benzene ring substituents is 1. The molecular formula is C22H23N3O4S2. The highest BCUT2D eigenvalue weighted by molar-refractivity contribution is 7.92. The molecule has 9 heteroatoms. The number of nitrogens with zero attached hydrogens (tertiary/aromatic N) is 3. The summed E-state index contributed by atoms with van der Waals surface area (Å²) in [5.74, 6) is 0. The molecule has 162 valence electrons. The number of aryl methyl sites for hydroxylation is 1. The smallest absolute Gasteiger partial charge is 0.269 e. The van der Waals surface area contributed by atoms with Gasteiger partial charge in [0.15, 0.2) is 15.0 Å². The molecule has 1 aromatic heterocycles. The molecule has 0 atom stereocenters. The van der Waals surface area contributed by atoms with Crippen LogP contribution in [-0.2, 0) is 9.84 Å². The van der Waals surface area contributed by atoms with E-state index < -0.39 is 20.0 Å². The van der Waals surface area contributed by atoms with Crippen molar-refractivity contribution in [2.75, 3.05) is 18.0 Å². The Balaban J connectivity index is 1.46. The summed E-state index contributed by atoms with van der Waals surface area (Å²) in [6.07, 6.45) is 0.995. The fourth-order valence-electron chi connectivity index (χ4n) is 3.87. The van der Waals surface area contributed by atoms with Crippen LogP contribution in [0.5, 0.6) is 0 Å². The van der Waals surface area contributed by atoms with Crippen LogP contribution < -0.4 is 4.90 Å². The van der Waals surface area contributed by atoms with Crippen molar-refractivity contribution in [2.24, 2.45) is 0 Å². The van der Waals surface area contributed by atoms with Crippen molar-refractivity contribution < 1.29 is 13.3 Å². The van der Waals surface area contributed by atoms with Crippen LogP contribution in [0.25, 0.3) is 11.3 Å². The number of benzene rings is 2. The third-order valence-electron chi connectivity index (χ3n) is 5.90. The molecule has 0 amide bonds. The van der Waals surface area contributed by atoms with E-state index in [0.29, 0.717) is 25.9 Å². The highest BCUT2D eigenvalue weighted by atomic mass is 32.2. The van der Waals surface area contributed by atoms with Crippen LogP contribution in [0.3, 0.4) is 0 Å². The average molecular weight is 458 g/mol. The molecule has 0 unspecified atom stereocenters. The molecule has 0 N–H and O–H groups in total. The largest absolute Gasteiger partial charge is 0.348 e. The van der Waals surface area contributed by atoms with Crippen molar-refractivity contribution in [1.29, 1.82) is 0 Å². The van der Waals surface area contributed by atoms with Crippen LogP contribution in [0.1, 0.15) is 24.0 Å². The zero-order chi connectivity index (χ0) is 22.2. The summed E-state index contributed by atoms with van der Waals surface area (Å²) in [4.78, 5) is 17.4. The van der Waals surface area contributed by atoms with E-state index in [1.165, 1.54) is 35.4 Å². The van der Waals surface area contributed by atoms with Crippen LogP contribution >= 0.6 is 11.3 Å². The summed E-state index contributed by atoms with van der Waals surface area (Å²) in [6.45, 7) is 5.40. The maximum absolute atomic E-state index is 13.0. The molecule has 0 bridgehead atoms. The minimum atomic E-state index is -3.52. The number of hydrogen-bond acceptors (Lipinski definition) is 7. The van der Waals surface area contributed by atoms with E-state index in [9.17, 15) is 18.5 Å². The Kier molecular flexibility index (Phi) is 5.81. The van der Waals surface area contributed by atoms with Crippen molar-refractivity contribution in [3.8, 4) is 11.3 Å². The maximum atomic E-state index is 13.0. The van der Waals surface area contributed by atoms with Gasteiger partial charge in [0, 0.05) is 36.2 Å². The summed E-state index contributed by atoms with van der Waals surface area (Å²) >= 11 is 1.58. The second kappa shape index (κ2) is 8.39. The fourth-order valence-corrected chi connectivity index (χ4v) is 6.48. The van der Waals surface area contributed by atoms with E-state index in [-0.39, 0.29) is 10.6 Å². The third kappa shape index (κ3) is 4.20. The van der Waals surface area contributed by atoms with Crippen molar-refractivity contribution in [1.82, 2.24) is 4.98 Å². The molecule has 0 spiro atoms. The molecule has 7 nitrogen and oxygen atoms in total. The lowest BCUT2D eigenvalue weighted by molar-refractivity contribution is -0.384. The van der Waals surface area contributed by atoms with Crippen LogP contribution in [0.15, 0.2) is 52.7 Å². The molecule has 2 heterocycles. The van der Waals surface area contributed by atoms with Crippen molar-refractivity contribution in [3.05, 3.63) is 69.1 Å². The lowest BCUT2D eigenvalue weighted by Crippen LogP contribution is -2.39. The van der Waals surface area contributed by atoms with Gasteiger partial charge < -0.3 is 4.90 Å². The zero-order valence-electron chi connectivity index (χ0n) is 17.3. The summed E-state index contributed by atoms with van der Waals surface area (Å²) in [5.41, 5.74) is 4.40. The molecule has 1 aliphatic rings. The van der Waals surface area contributed by atoms with Crippen LogP contribution in [0.2, 0.25) is 0 Å². The van der Waals surface area contributed by atoms with Crippen molar-refractivity contribution >= 4 is 32.0 Å². The van der Waals surface area contributed by atoms with Crippen LogP contribution in [-0.4, -0.2) is 36.7 Å². The van der Waals surface area contributed by atoms with E-state index in [0.717, 1.165) is 16.4 Å². The van der Waals surface area contributed by atoms with Gasteiger partial charge in [-0.25, -0.2) is 13.4 Å². The predicted octanol–water partition coefficient (Wildman–Crippen LogP) is 4.78. The first-order chi connectivity index (χ1) is 14.8. The number of anilines is 1. The first kappa shape index (κ1) is 21.5. The number of nitro groups is 1. The van der Waals surface area contributed by atoms with E-state index in [2.05, 4.69) is 36.3 Å².